The molecule has 0 spiro atoms. The molecule has 1 fully saturated rings. The average Bonchev–Trinajstić information content (AvgIpc) is 2.20. The molecule has 1 saturated heterocycles. The predicted molar refractivity (Wildman–Crippen MR) is 62.8 cm³/mol. The highest BCUT2D eigenvalue weighted by atomic mass is 79.9. The summed E-state index contributed by atoms with van der Waals surface area (Å²) in [6.07, 6.45) is 1.75. The molecule has 82 valence electrons. The summed E-state index contributed by atoms with van der Waals surface area (Å²) < 4.78 is 23.3. The Morgan fingerprint density at radius 1 is 1.27 bits per heavy atom. The Labute approximate surface area is 97.4 Å². The third-order valence-corrected chi connectivity index (χ3v) is 4.50. The third kappa shape index (κ3) is 2.69. The molecule has 0 N–H and O–H groups in total. The number of nitrogens with zero attached hydrogens (tertiary/aromatic N) is 2. The van der Waals surface area contributed by atoms with Gasteiger partial charge in [-0.1, -0.05) is 0 Å². The zero-order valence-electron chi connectivity index (χ0n) is 8.06. The molecule has 15 heavy (non-hydrogen) atoms. The highest BCUT2D eigenvalue weighted by Gasteiger charge is 2.21. The molecule has 2 heterocycles. The SMILES string of the molecule is O=S1(=O)CCN(c2ccc(Br)nc2)CC1. The lowest BCUT2D eigenvalue weighted by atomic mass is 10.3. The van der Waals surface area contributed by atoms with Crippen LogP contribution in [0, 0.1) is 0 Å². The van der Waals surface area contributed by atoms with Crippen LogP contribution in [0.1, 0.15) is 0 Å². The molecule has 4 nitrogen and oxygen atoms in total. The summed E-state index contributed by atoms with van der Waals surface area (Å²) in [4.78, 5) is 6.16. The molecule has 0 saturated carbocycles. The Morgan fingerprint density at radius 3 is 2.47 bits per heavy atom. The first-order chi connectivity index (χ1) is 7.07. The molecule has 0 radical (unpaired) electrons. The standard InChI is InChI=1S/C9H11BrN2O2S/c10-9-2-1-8(7-11-9)12-3-5-15(13,14)6-4-12/h1-2,7H,3-6H2. The molecule has 1 aliphatic heterocycles. The van der Waals surface area contributed by atoms with Gasteiger partial charge in [0.2, 0.25) is 0 Å². The van der Waals surface area contributed by atoms with E-state index in [1.807, 2.05) is 17.0 Å². The van der Waals surface area contributed by atoms with E-state index in [2.05, 4.69) is 20.9 Å². The first-order valence-electron chi connectivity index (χ1n) is 4.64. The third-order valence-electron chi connectivity index (χ3n) is 2.42. The van der Waals surface area contributed by atoms with Crippen molar-refractivity contribution in [2.24, 2.45) is 0 Å². The van der Waals surface area contributed by atoms with Crippen LogP contribution in [0.25, 0.3) is 0 Å². The van der Waals surface area contributed by atoms with E-state index in [1.165, 1.54) is 0 Å². The molecule has 2 rings (SSSR count). The summed E-state index contributed by atoms with van der Waals surface area (Å²) in [6, 6.07) is 3.80. The number of anilines is 1. The number of halogens is 1. The fourth-order valence-corrected chi connectivity index (χ4v) is 2.96. The van der Waals surface area contributed by atoms with Crippen LogP contribution in [0.15, 0.2) is 22.9 Å². The minimum Gasteiger partial charge on any atom is -0.368 e. The van der Waals surface area contributed by atoms with Gasteiger partial charge in [0.25, 0.3) is 0 Å². The maximum Gasteiger partial charge on any atom is 0.153 e. The highest BCUT2D eigenvalue weighted by Crippen LogP contribution is 2.17. The van der Waals surface area contributed by atoms with Crippen LogP contribution < -0.4 is 4.90 Å². The van der Waals surface area contributed by atoms with E-state index in [-0.39, 0.29) is 11.5 Å². The molecule has 0 amide bonds. The summed E-state index contributed by atoms with van der Waals surface area (Å²) in [5, 5.41) is 0. The van der Waals surface area contributed by atoms with E-state index in [1.54, 1.807) is 6.20 Å². The van der Waals surface area contributed by atoms with Crippen molar-refractivity contribution in [1.82, 2.24) is 4.98 Å². The number of rotatable bonds is 1. The van der Waals surface area contributed by atoms with Crippen molar-refractivity contribution < 1.29 is 8.42 Å². The van der Waals surface area contributed by atoms with Crippen LogP contribution in [0.5, 0.6) is 0 Å². The van der Waals surface area contributed by atoms with Gasteiger partial charge in [-0.25, -0.2) is 13.4 Å². The smallest absolute Gasteiger partial charge is 0.153 e. The van der Waals surface area contributed by atoms with Crippen molar-refractivity contribution in [2.75, 3.05) is 29.5 Å². The van der Waals surface area contributed by atoms with E-state index in [0.717, 1.165) is 10.3 Å². The Kier molecular flexibility index (Phi) is 2.97. The first kappa shape index (κ1) is 10.9. The van der Waals surface area contributed by atoms with E-state index in [4.69, 9.17) is 0 Å². The lowest BCUT2D eigenvalue weighted by Gasteiger charge is -2.28. The van der Waals surface area contributed by atoms with Gasteiger partial charge in [0, 0.05) is 13.1 Å². The number of hydrogen-bond donors (Lipinski definition) is 0. The second-order valence-corrected chi connectivity index (χ2v) is 6.59. The van der Waals surface area contributed by atoms with E-state index >= 15 is 0 Å². The first-order valence-corrected chi connectivity index (χ1v) is 7.25. The zero-order chi connectivity index (χ0) is 10.9. The molecule has 6 heteroatoms. The summed E-state index contributed by atoms with van der Waals surface area (Å²) in [5.74, 6) is 0.478. The Hall–Kier alpha value is -0.620. The lowest BCUT2D eigenvalue weighted by Crippen LogP contribution is -2.40. The fourth-order valence-electron chi connectivity index (χ4n) is 1.53. The van der Waals surface area contributed by atoms with Gasteiger partial charge in [0.1, 0.15) is 4.60 Å². The average molecular weight is 291 g/mol. The highest BCUT2D eigenvalue weighted by molar-refractivity contribution is 9.10. The van der Waals surface area contributed by atoms with Gasteiger partial charge in [-0.2, -0.15) is 0 Å². The maximum atomic E-state index is 11.2. The number of pyridine rings is 1. The van der Waals surface area contributed by atoms with Gasteiger partial charge in [-0.15, -0.1) is 0 Å². The minimum absolute atomic E-state index is 0.239. The Balaban J connectivity index is 2.11. The van der Waals surface area contributed by atoms with Crippen molar-refractivity contribution in [1.29, 1.82) is 0 Å². The molecular weight excluding hydrogens is 280 g/mol. The lowest BCUT2D eigenvalue weighted by molar-refractivity contribution is 0.586. The van der Waals surface area contributed by atoms with E-state index in [9.17, 15) is 8.42 Å². The second-order valence-electron chi connectivity index (χ2n) is 3.48. The van der Waals surface area contributed by atoms with E-state index < -0.39 is 9.84 Å². The largest absolute Gasteiger partial charge is 0.368 e. The summed E-state index contributed by atoms with van der Waals surface area (Å²) in [7, 11) is -2.80. The number of sulfone groups is 1. The van der Waals surface area contributed by atoms with Gasteiger partial charge in [-0.3, -0.25) is 0 Å². The predicted octanol–water partition coefficient (Wildman–Crippen LogP) is 1.08. The monoisotopic (exact) mass is 290 g/mol. The Bertz CT molecular complexity index is 430. The van der Waals surface area contributed by atoms with Crippen LogP contribution in [-0.2, 0) is 9.84 Å². The van der Waals surface area contributed by atoms with Crippen molar-refractivity contribution in [3.05, 3.63) is 22.9 Å². The second kappa shape index (κ2) is 4.09. The quantitative estimate of drug-likeness (QED) is 0.727. The van der Waals surface area contributed by atoms with Gasteiger partial charge >= 0.3 is 0 Å². The summed E-state index contributed by atoms with van der Waals surface area (Å²) in [6.45, 7) is 1.12. The van der Waals surface area contributed by atoms with Crippen LogP contribution in [0.3, 0.4) is 0 Å². The number of aromatic nitrogens is 1. The molecule has 0 atom stereocenters. The summed E-state index contributed by atoms with van der Waals surface area (Å²) >= 11 is 3.26. The Morgan fingerprint density at radius 2 is 1.93 bits per heavy atom. The summed E-state index contributed by atoms with van der Waals surface area (Å²) in [5.41, 5.74) is 0.980. The fraction of sp³-hybridized carbons (Fsp3) is 0.444. The van der Waals surface area contributed by atoms with Crippen molar-refractivity contribution in [3.63, 3.8) is 0 Å². The molecule has 0 unspecified atom stereocenters. The topological polar surface area (TPSA) is 50.3 Å². The van der Waals surface area contributed by atoms with Gasteiger partial charge in [0.15, 0.2) is 9.84 Å². The van der Waals surface area contributed by atoms with Crippen LogP contribution >= 0.6 is 15.9 Å². The van der Waals surface area contributed by atoms with Crippen molar-refractivity contribution >= 4 is 31.5 Å². The van der Waals surface area contributed by atoms with Gasteiger partial charge in [0.05, 0.1) is 23.4 Å². The maximum absolute atomic E-state index is 11.2. The molecular formula is C9H11BrN2O2S. The van der Waals surface area contributed by atoms with Crippen molar-refractivity contribution in [2.45, 2.75) is 0 Å². The van der Waals surface area contributed by atoms with Crippen LogP contribution in [0.2, 0.25) is 0 Å². The minimum atomic E-state index is -2.80. The van der Waals surface area contributed by atoms with E-state index in [0.29, 0.717) is 13.1 Å². The molecule has 1 aliphatic rings. The van der Waals surface area contributed by atoms with Crippen LogP contribution in [-0.4, -0.2) is 38.0 Å². The molecule has 0 aromatic carbocycles. The molecule has 1 aromatic rings. The molecule has 0 aliphatic carbocycles. The van der Waals surface area contributed by atoms with Gasteiger partial charge < -0.3 is 4.90 Å². The normalized spacial score (nSPS) is 20.2. The zero-order valence-corrected chi connectivity index (χ0v) is 10.5. The van der Waals surface area contributed by atoms with Crippen LogP contribution in [0.4, 0.5) is 5.69 Å². The molecule has 0 bridgehead atoms. The molecule has 1 aromatic heterocycles. The van der Waals surface area contributed by atoms with Gasteiger partial charge in [-0.05, 0) is 28.1 Å². The van der Waals surface area contributed by atoms with Crippen molar-refractivity contribution in [3.8, 4) is 0 Å². The number of hydrogen-bond acceptors (Lipinski definition) is 4.